The van der Waals surface area contributed by atoms with Gasteiger partial charge in [0.05, 0.1) is 12.0 Å². The van der Waals surface area contributed by atoms with Crippen LogP contribution in [0.2, 0.25) is 0 Å². The van der Waals surface area contributed by atoms with Gasteiger partial charge in [-0.25, -0.2) is 8.42 Å². The van der Waals surface area contributed by atoms with Gasteiger partial charge in [-0.05, 0) is 48.2 Å². The zero-order valence-corrected chi connectivity index (χ0v) is 18.1. The van der Waals surface area contributed by atoms with Crippen molar-refractivity contribution in [1.82, 2.24) is 10.0 Å². The molecule has 31 heavy (non-hydrogen) atoms. The average molecular weight is 439 g/mol. The highest BCUT2D eigenvalue weighted by Gasteiger charge is 2.26. The van der Waals surface area contributed by atoms with Gasteiger partial charge in [-0.15, -0.1) is 0 Å². The number of hydrogen-bond donors (Lipinski definition) is 2. The van der Waals surface area contributed by atoms with Crippen molar-refractivity contribution in [2.75, 3.05) is 13.7 Å². The number of rotatable bonds is 10. The average Bonchev–Trinajstić information content (AvgIpc) is 2.80. The predicted octanol–water partition coefficient (Wildman–Crippen LogP) is 2.94. The number of nitrogens with one attached hydrogen (secondary N) is 2. The summed E-state index contributed by atoms with van der Waals surface area (Å²) in [6, 6.07) is 24.2. The van der Waals surface area contributed by atoms with E-state index < -0.39 is 16.1 Å². The van der Waals surface area contributed by atoms with Crippen LogP contribution in [-0.4, -0.2) is 34.0 Å². The monoisotopic (exact) mass is 438 g/mol. The second kappa shape index (κ2) is 10.7. The second-order valence-corrected chi connectivity index (χ2v) is 8.78. The highest BCUT2D eigenvalue weighted by atomic mass is 32.2. The molecule has 3 aromatic carbocycles. The zero-order chi connectivity index (χ0) is 22.1. The molecule has 6 nitrogen and oxygen atoms in total. The van der Waals surface area contributed by atoms with Crippen LogP contribution in [0.15, 0.2) is 89.8 Å². The Morgan fingerprint density at radius 1 is 0.871 bits per heavy atom. The summed E-state index contributed by atoms with van der Waals surface area (Å²) in [5.74, 6) is 0.190. The molecular formula is C24H26N2O4S. The first-order valence-electron chi connectivity index (χ1n) is 10.00. The Kier molecular flexibility index (Phi) is 7.81. The van der Waals surface area contributed by atoms with Gasteiger partial charge in [-0.1, -0.05) is 60.7 Å². The van der Waals surface area contributed by atoms with Crippen molar-refractivity contribution >= 4 is 15.9 Å². The zero-order valence-electron chi connectivity index (χ0n) is 17.3. The van der Waals surface area contributed by atoms with E-state index in [0.717, 1.165) is 11.1 Å². The molecule has 0 saturated carbocycles. The molecule has 1 atom stereocenters. The summed E-state index contributed by atoms with van der Waals surface area (Å²) >= 11 is 0. The quantitative estimate of drug-likeness (QED) is 0.510. The lowest BCUT2D eigenvalue weighted by atomic mass is 10.1. The Morgan fingerprint density at radius 2 is 1.45 bits per heavy atom. The first-order valence-corrected chi connectivity index (χ1v) is 11.5. The standard InChI is InChI=1S/C24H26N2O4S/c1-30-21-12-14-22(15-13-21)31(28,29)26-23(18-20-10-6-3-7-11-20)24(27)25-17-16-19-8-4-2-5-9-19/h2-15,23,26H,16-18H2,1H3,(H,25,27). The van der Waals surface area contributed by atoms with Crippen molar-refractivity contribution in [2.45, 2.75) is 23.8 Å². The minimum Gasteiger partial charge on any atom is -0.497 e. The van der Waals surface area contributed by atoms with E-state index in [0.29, 0.717) is 18.7 Å². The van der Waals surface area contributed by atoms with Crippen molar-refractivity contribution in [3.8, 4) is 5.75 Å². The molecule has 0 aromatic heterocycles. The number of methoxy groups -OCH3 is 1. The highest BCUT2D eigenvalue weighted by molar-refractivity contribution is 7.89. The Balaban J connectivity index is 1.72. The molecule has 1 amide bonds. The molecule has 2 N–H and O–H groups in total. The van der Waals surface area contributed by atoms with Crippen molar-refractivity contribution in [2.24, 2.45) is 0 Å². The summed E-state index contributed by atoms with van der Waals surface area (Å²) in [6.45, 7) is 0.415. The maximum absolute atomic E-state index is 12.9. The van der Waals surface area contributed by atoms with E-state index in [2.05, 4.69) is 10.0 Å². The molecule has 1 unspecified atom stereocenters. The molecule has 0 aliphatic heterocycles. The lowest BCUT2D eigenvalue weighted by Crippen LogP contribution is -2.48. The summed E-state index contributed by atoms with van der Waals surface area (Å²) in [4.78, 5) is 13.0. The first kappa shape index (κ1) is 22.5. The van der Waals surface area contributed by atoms with E-state index in [1.54, 1.807) is 12.1 Å². The van der Waals surface area contributed by atoms with E-state index in [-0.39, 0.29) is 17.2 Å². The Morgan fingerprint density at radius 3 is 2.03 bits per heavy atom. The van der Waals surface area contributed by atoms with Crippen LogP contribution in [0.3, 0.4) is 0 Å². The van der Waals surface area contributed by atoms with Gasteiger partial charge in [0.25, 0.3) is 0 Å². The number of ether oxygens (including phenoxy) is 1. The Labute approximate surface area is 183 Å². The largest absolute Gasteiger partial charge is 0.497 e. The van der Waals surface area contributed by atoms with Crippen molar-refractivity contribution in [3.63, 3.8) is 0 Å². The normalized spacial score (nSPS) is 12.2. The molecule has 0 aliphatic carbocycles. The fourth-order valence-electron chi connectivity index (χ4n) is 3.15. The number of amides is 1. The SMILES string of the molecule is COc1ccc(S(=O)(=O)NC(Cc2ccccc2)C(=O)NCCc2ccccc2)cc1. The smallest absolute Gasteiger partial charge is 0.241 e. The third kappa shape index (κ3) is 6.67. The highest BCUT2D eigenvalue weighted by Crippen LogP contribution is 2.16. The predicted molar refractivity (Wildman–Crippen MR) is 120 cm³/mol. The fourth-order valence-corrected chi connectivity index (χ4v) is 4.34. The molecular weight excluding hydrogens is 412 g/mol. The topological polar surface area (TPSA) is 84.5 Å². The molecule has 0 spiro atoms. The summed E-state index contributed by atoms with van der Waals surface area (Å²) in [5, 5.41) is 2.86. The summed E-state index contributed by atoms with van der Waals surface area (Å²) in [6.07, 6.45) is 0.906. The van der Waals surface area contributed by atoms with Crippen LogP contribution in [0.5, 0.6) is 5.75 Å². The van der Waals surface area contributed by atoms with Crippen molar-refractivity contribution in [1.29, 1.82) is 0 Å². The maximum atomic E-state index is 12.9. The lowest BCUT2D eigenvalue weighted by Gasteiger charge is -2.19. The number of sulfonamides is 1. The van der Waals surface area contributed by atoms with Gasteiger partial charge in [0.15, 0.2) is 0 Å². The van der Waals surface area contributed by atoms with E-state index in [4.69, 9.17) is 4.74 Å². The van der Waals surface area contributed by atoms with Crippen molar-refractivity contribution in [3.05, 3.63) is 96.1 Å². The van der Waals surface area contributed by atoms with Crippen LogP contribution >= 0.6 is 0 Å². The van der Waals surface area contributed by atoms with Gasteiger partial charge in [0, 0.05) is 6.54 Å². The van der Waals surface area contributed by atoms with E-state index in [1.807, 2.05) is 60.7 Å². The molecule has 0 bridgehead atoms. The summed E-state index contributed by atoms with van der Waals surface area (Å²) < 4.78 is 33.4. The summed E-state index contributed by atoms with van der Waals surface area (Å²) in [7, 11) is -2.38. The Bertz CT molecular complexity index is 1070. The van der Waals surface area contributed by atoms with Crippen LogP contribution in [0.25, 0.3) is 0 Å². The van der Waals surface area contributed by atoms with Gasteiger partial charge >= 0.3 is 0 Å². The van der Waals surface area contributed by atoms with Gasteiger partial charge < -0.3 is 10.1 Å². The molecule has 0 aliphatic rings. The number of carbonyl (C=O) groups excluding carboxylic acids is 1. The molecule has 7 heteroatoms. The van der Waals surface area contributed by atoms with Crippen LogP contribution < -0.4 is 14.8 Å². The van der Waals surface area contributed by atoms with Crippen LogP contribution in [0.1, 0.15) is 11.1 Å². The first-order chi connectivity index (χ1) is 15.0. The number of carbonyl (C=O) groups is 1. The molecule has 3 rings (SSSR count). The maximum Gasteiger partial charge on any atom is 0.241 e. The minimum atomic E-state index is -3.89. The van der Waals surface area contributed by atoms with Crippen LogP contribution in [0.4, 0.5) is 0 Å². The van der Waals surface area contributed by atoms with E-state index in [9.17, 15) is 13.2 Å². The molecule has 0 fully saturated rings. The lowest BCUT2D eigenvalue weighted by molar-refractivity contribution is -0.122. The Hall–Kier alpha value is -3.16. The van der Waals surface area contributed by atoms with Gasteiger partial charge in [-0.2, -0.15) is 4.72 Å². The van der Waals surface area contributed by atoms with E-state index in [1.165, 1.54) is 19.2 Å². The number of hydrogen-bond acceptors (Lipinski definition) is 4. The number of benzene rings is 3. The molecule has 0 heterocycles. The van der Waals surface area contributed by atoms with Gasteiger partial charge in [-0.3, -0.25) is 4.79 Å². The van der Waals surface area contributed by atoms with Gasteiger partial charge in [0.2, 0.25) is 15.9 Å². The van der Waals surface area contributed by atoms with E-state index >= 15 is 0 Å². The second-order valence-electron chi connectivity index (χ2n) is 7.07. The molecule has 162 valence electrons. The van der Waals surface area contributed by atoms with Crippen LogP contribution in [-0.2, 0) is 27.7 Å². The third-order valence-electron chi connectivity index (χ3n) is 4.82. The van der Waals surface area contributed by atoms with Crippen molar-refractivity contribution < 1.29 is 17.9 Å². The minimum absolute atomic E-state index is 0.0726. The summed E-state index contributed by atoms with van der Waals surface area (Å²) in [5.41, 5.74) is 1.96. The molecule has 0 saturated heterocycles. The fraction of sp³-hybridized carbons (Fsp3) is 0.208. The molecule has 3 aromatic rings. The molecule has 0 radical (unpaired) electrons. The third-order valence-corrected chi connectivity index (χ3v) is 6.31. The van der Waals surface area contributed by atoms with Gasteiger partial charge in [0.1, 0.15) is 11.8 Å². The van der Waals surface area contributed by atoms with Crippen LogP contribution in [0, 0.1) is 0 Å².